The van der Waals surface area contributed by atoms with Gasteiger partial charge in [0, 0.05) is 24.1 Å². The van der Waals surface area contributed by atoms with Crippen LogP contribution < -0.4 is 20.3 Å². The molecule has 9 heteroatoms. The average Bonchev–Trinajstić information content (AvgIpc) is 3.11. The molecule has 1 radical (unpaired) electrons. The van der Waals surface area contributed by atoms with Gasteiger partial charge in [0.15, 0.2) is 6.23 Å². The molecule has 3 N–H and O–H groups in total. The van der Waals surface area contributed by atoms with Crippen LogP contribution in [0.25, 0.3) is 0 Å². The molecule has 0 amide bonds. The minimum absolute atomic E-state index is 0.0227. The molecule has 1 heterocycles. The lowest BCUT2D eigenvalue weighted by Gasteiger charge is -2.36. The first-order valence-corrected chi connectivity index (χ1v) is 10.2. The van der Waals surface area contributed by atoms with Crippen molar-refractivity contribution >= 4 is 29.0 Å². The Morgan fingerprint density at radius 1 is 1.15 bits per heavy atom. The van der Waals surface area contributed by atoms with Crippen molar-refractivity contribution in [2.45, 2.75) is 39.3 Å². The Bertz CT molecular complexity index is 1120. The number of carboxylic acid groups (broad SMARTS) is 1. The van der Waals surface area contributed by atoms with Gasteiger partial charge in [0.25, 0.3) is 0 Å². The van der Waals surface area contributed by atoms with Gasteiger partial charge in [-0.2, -0.15) is 5.12 Å². The molecular weight excluding hydrogens is 426 g/mol. The fourth-order valence-electron chi connectivity index (χ4n) is 3.41. The van der Waals surface area contributed by atoms with E-state index < -0.39 is 23.6 Å². The third-order valence-corrected chi connectivity index (χ3v) is 5.13. The van der Waals surface area contributed by atoms with Crippen LogP contribution in [0.5, 0.6) is 11.5 Å². The third-order valence-electron chi connectivity index (χ3n) is 5.13. The molecule has 1 atom stereocenters. The summed E-state index contributed by atoms with van der Waals surface area (Å²) in [5.74, 6) is -1.26. The van der Waals surface area contributed by atoms with Crippen LogP contribution in [0.4, 0.5) is 17.1 Å². The topological polar surface area (TPSA) is 112 Å². The van der Waals surface area contributed by atoms with Crippen LogP contribution in [0, 0.1) is 6.92 Å². The molecule has 0 spiro atoms. The highest BCUT2D eigenvalue weighted by molar-refractivity contribution is 5.93. The van der Waals surface area contributed by atoms with Crippen LogP contribution in [0.1, 0.15) is 43.6 Å². The molecule has 3 rings (SSSR count). The van der Waals surface area contributed by atoms with Crippen LogP contribution in [0.3, 0.4) is 0 Å². The number of nitrogens with zero attached hydrogens (tertiary/aromatic N) is 2. The summed E-state index contributed by atoms with van der Waals surface area (Å²) in [6.07, 6.45) is -1.08. The molecule has 0 fully saturated rings. The summed E-state index contributed by atoms with van der Waals surface area (Å²) < 4.78 is 10.9. The molecule has 0 bridgehead atoms. The number of esters is 1. The summed E-state index contributed by atoms with van der Waals surface area (Å²) in [6.45, 7) is 14.9. The number of carboxylic acids is 1. The quantitative estimate of drug-likeness (QED) is 0.436. The molecule has 2 aromatic carbocycles. The highest BCUT2D eigenvalue weighted by atomic mass is 16.6. The molecule has 1 aliphatic rings. The molecule has 1 aliphatic heterocycles. The summed E-state index contributed by atoms with van der Waals surface area (Å²) >= 11 is 0. The molecule has 0 saturated carbocycles. The van der Waals surface area contributed by atoms with Gasteiger partial charge in [0.05, 0.1) is 24.0 Å². The van der Waals surface area contributed by atoms with Crippen LogP contribution in [-0.2, 0) is 14.9 Å². The summed E-state index contributed by atoms with van der Waals surface area (Å²) in [7, 11) is 1.52. The van der Waals surface area contributed by atoms with Gasteiger partial charge in [-0.05, 0) is 36.6 Å². The van der Waals surface area contributed by atoms with Crippen molar-refractivity contribution in [3.05, 3.63) is 60.5 Å². The SMILES string of the molecule is [CH2]C(OC(=O)C(=C)C)N1c2ccc(C(=O)O)cc2NN1c1cc(OC)cc(C(C)(C)C)c1O. The molecule has 1 unspecified atom stereocenters. The van der Waals surface area contributed by atoms with E-state index in [2.05, 4.69) is 18.9 Å². The number of methoxy groups -OCH3 is 1. The highest BCUT2D eigenvalue weighted by Gasteiger charge is 2.36. The Morgan fingerprint density at radius 2 is 1.82 bits per heavy atom. The smallest absolute Gasteiger partial charge is 0.335 e. The number of hydrogen-bond acceptors (Lipinski definition) is 8. The van der Waals surface area contributed by atoms with Gasteiger partial charge in [-0.3, -0.25) is 5.43 Å². The molecule has 2 aromatic rings. The first-order valence-electron chi connectivity index (χ1n) is 10.2. The van der Waals surface area contributed by atoms with Crippen molar-refractivity contribution < 1.29 is 29.3 Å². The maximum Gasteiger partial charge on any atom is 0.335 e. The van der Waals surface area contributed by atoms with Gasteiger partial charge in [-0.15, -0.1) is 0 Å². The number of carbonyl (C=O) groups is 2. The van der Waals surface area contributed by atoms with E-state index in [9.17, 15) is 19.8 Å². The predicted molar refractivity (Wildman–Crippen MR) is 125 cm³/mol. The number of benzene rings is 2. The number of carbonyl (C=O) groups excluding carboxylic acids is 1. The average molecular weight is 455 g/mol. The van der Waals surface area contributed by atoms with Crippen LogP contribution >= 0.6 is 0 Å². The summed E-state index contributed by atoms with van der Waals surface area (Å²) in [4.78, 5) is 23.7. The number of phenols is 1. The monoisotopic (exact) mass is 454 g/mol. The highest BCUT2D eigenvalue weighted by Crippen LogP contribution is 2.46. The summed E-state index contributed by atoms with van der Waals surface area (Å²) in [5.41, 5.74) is 4.76. The number of phenolic OH excluding ortho intramolecular Hbond substituents is 1. The Hall–Kier alpha value is -3.88. The molecule has 0 aliphatic carbocycles. The van der Waals surface area contributed by atoms with E-state index in [1.165, 1.54) is 36.3 Å². The normalized spacial score (nSPS) is 13.8. The van der Waals surface area contributed by atoms with Gasteiger partial charge in [-0.1, -0.05) is 27.4 Å². The second-order valence-corrected chi connectivity index (χ2v) is 8.74. The fourth-order valence-corrected chi connectivity index (χ4v) is 3.41. The van der Waals surface area contributed by atoms with Crippen molar-refractivity contribution in [1.29, 1.82) is 0 Å². The summed E-state index contributed by atoms with van der Waals surface area (Å²) in [5, 5.41) is 23.5. The number of aromatic carboxylic acids is 1. The maximum absolute atomic E-state index is 12.2. The molecule has 33 heavy (non-hydrogen) atoms. The third kappa shape index (κ3) is 4.52. The Kier molecular flexibility index (Phi) is 6.18. The lowest BCUT2D eigenvalue weighted by molar-refractivity contribution is -0.142. The Labute approximate surface area is 192 Å². The second kappa shape index (κ2) is 8.57. The first kappa shape index (κ1) is 23.8. The van der Waals surface area contributed by atoms with E-state index in [4.69, 9.17) is 9.47 Å². The largest absolute Gasteiger partial charge is 0.505 e. The zero-order chi connectivity index (χ0) is 24.7. The lowest BCUT2D eigenvalue weighted by Crippen LogP contribution is -2.49. The lowest BCUT2D eigenvalue weighted by atomic mass is 9.85. The van der Waals surface area contributed by atoms with Gasteiger partial charge >= 0.3 is 11.9 Å². The molecule has 175 valence electrons. The van der Waals surface area contributed by atoms with Crippen LogP contribution in [-0.4, -0.2) is 35.5 Å². The Morgan fingerprint density at radius 3 is 2.36 bits per heavy atom. The van der Waals surface area contributed by atoms with Crippen molar-refractivity contribution in [2.75, 3.05) is 22.7 Å². The maximum atomic E-state index is 12.2. The van der Waals surface area contributed by atoms with E-state index in [-0.39, 0.29) is 16.9 Å². The van der Waals surface area contributed by atoms with Crippen molar-refractivity contribution in [3.8, 4) is 11.5 Å². The molecule has 9 nitrogen and oxygen atoms in total. The van der Waals surface area contributed by atoms with E-state index in [1.807, 2.05) is 20.8 Å². The summed E-state index contributed by atoms with van der Waals surface area (Å²) in [6, 6.07) is 7.80. The van der Waals surface area contributed by atoms with E-state index in [1.54, 1.807) is 18.2 Å². The van der Waals surface area contributed by atoms with E-state index >= 15 is 0 Å². The second-order valence-electron chi connectivity index (χ2n) is 8.74. The first-order chi connectivity index (χ1) is 15.3. The van der Waals surface area contributed by atoms with Crippen LogP contribution in [0.2, 0.25) is 0 Å². The van der Waals surface area contributed by atoms with Gasteiger partial charge < -0.3 is 19.7 Å². The number of rotatable bonds is 6. The molecule has 0 saturated heterocycles. The van der Waals surface area contributed by atoms with Gasteiger partial charge in [0.2, 0.25) is 0 Å². The van der Waals surface area contributed by atoms with Crippen molar-refractivity contribution in [2.24, 2.45) is 0 Å². The number of hydrogen-bond donors (Lipinski definition) is 3. The molecular formula is C24H28N3O6. The minimum Gasteiger partial charge on any atom is -0.505 e. The number of ether oxygens (including phenoxy) is 2. The Balaban J connectivity index is 2.17. The van der Waals surface area contributed by atoms with Crippen LogP contribution in [0.15, 0.2) is 42.5 Å². The van der Waals surface area contributed by atoms with E-state index in [0.29, 0.717) is 28.4 Å². The number of nitrogens with one attached hydrogen (secondary N) is 1. The van der Waals surface area contributed by atoms with Crippen molar-refractivity contribution in [3.63, 3.8) is 0 Å². The van der Waals surface area contributed by atoms with Gasteiger partial charge in [0.1, 0.15) is 17.2 Å². The zero-order valence-corrected chi connectivity index (χ0v) is 19.3. The van der Waals surface area contributed by atoms with Gasteiger partial charge in [-0.25, -0.2) is 14.6 Å². The number of anilines is 3. The number of hydrazine groups is 2. The number of aromatic hydroxyl groups is 1. The zero-order valence-electron chi connectivity index (χ0n) is 19.3. The fraction of sp³-hybridized carbons (Fsp3) is 0.292. The molecule has 0 aromatic heterocycles. The predicted octanol–water partition coefficient (Wildman–Crippen LogP) is 4.24. The standard InChI is InChI=1S/C24H28N3O6/c1-13(2)23(31)33-14(3)26-19-9-8-15(22(29)30)10-18(19)25-27(26)20-12-16(32-7)11-17(21(20)28)24(4,5)6/h8-12,14,25,28H,1,3H2,2,4-7H3,(H,29,30). The number of fused-ring (bicyclic) bond motifs is 1. The van der Waals surface area contributed by atoms with E-state index in [0.717, 1.165) is 0 Å². The van der Waals surface area contributed by atoms with Crippen molar-refractivity contribution in [1.82, 2.24) is 0 Å². The minimum atomic E-state index is -1.09.